The molecule has 0 aliphatic heterocycles. The second-order valence-electron chi connectivity index (χ2n) is 3.05. The van der Waals surface area contributed by atoms with E-state index in [1.54, 1.807) is 0 Å². The molecule has 1 heteroatoms. The molecule has 0 fully saturated rings. The van der Waals surface area contributed by atoms with Crippen LogP contribution < -0.4 is 0 Å². The topological polar surface area (TPSA) is 0 Å². The van der Waals surface area contributed by atoms with Crippen molar-refractivity contribution in [1.29, 1.82) is 0 Å². The van der Waals surface area contributed by atoms with Crippen LogP contribution in [0, 0.1) is 6.92 Å². The first-order valence-electron chi connectivity index (χ1n) is 4.03. The van der Waals surface area contributed by atoms with Crippen molar-refractivity contribution < 1.29 is 0 Å². The van der Waals surface area contributed by atoms with Crippen LogP contribution in [0.3, 0.4) is 0 Å². The Hall–Kier alpha value is -0.560. The van der Waals surface area contributed by atoms with Gasteiger partial charge in [-0.1, -0.05) is 46.6 Å². The Kier molecular flexibility index (Phi) is 3.10. The van der Waals surface area contributed by atoms with Crippen molar-refractivity contribution in [2.24, 2.45) is 0 Å². The molecule has 0 spiro atoms. The van der Waals surface area contributed by atoms with Crippen molar-refractivity contribution in [3.63, 3.8) is 0 Å². The molecule has 1 aromatic carbocycles. The van der Waals surface area contributed by atoms with Crippen molar-refractivity contribution in [1.82, 2.24) is 0 Å². The lowest BCUT2D eigenvalue weighted by atomic mass is 10.00. The van der Waals surface area contributed by atoms with Gasteiger partial charge in [0.05, 0.1) is 0 Å². The van der Waals surface area contributed by atoms with E-state index in [9.17, 15) is 0 Å². The minimum Gasteiger partial charge on any atom is -0.102 e. The van der Waals surface area contributed by atoms with Gasteiger partial charge in [-0.25, -0.2) is 0 Å². The molecule has 1 aromatic rings. The quantitative estimate of drug-likeness (QED) is 0.666. The first-order chi connectivity index (χ1) is 5.65. The number of aryl methyl sites for hydroxylation is 1. The van der Waals surface area contributed by atoms with Crippen molar-refractivity contribution in [3.05, 3.63) is 46.5 Å². The second-order valence-corrected chi connectivity index (χ2v) is 3.90. The number of halogens is 1. The van der Waals surface area contributed by atoms with E-state index in [0.717, 1.165) is 0 Å². The highest BCUT2D eigenvalue weighted by Gasteiger charge is 2.04. The first kappa shape index (κ1) is 9.53. The summed E-state index contributed by atoms with van der Waals surface area (Å²) in [5, 5.41) is 0. The van der Waals surface area contributed by atoms with Crippen LogP contribution in [0.2, 0.25) is 0 Å². The molecule has 12 heavy (non-hydrogen) atoms. The zero-order chi connectivity index (χ0) is 9.14. The fourth-order valence-corrected chi connectivity index (χ4v) is 1.75. The van der Waals surface area contributed by atoms with Gasteiger partial charge in [0.1, 0.15) is 0 Å². The molecule has 0 heterocycles. The van der Waals surface area contributed by atoms with Gasteiger partial charge in [0.25, 0.3) is 0 Å². The summed E-state index contributed by atoms with van der Waals surface area (Å²) < 4.78 is 1.17. The lowest BCUT2D eigenvalue weighted by Crippen LogP contribution is -1.90. The first-order valence-corrected chi connectivity index (χ1v) is 4.83. The Morgan fingerprint density at radius 3 is 2.75 bits per heavy atom. The predicted molar refractivity (Wildman–Crippen MR) is 57.5 cm³/mol. The molecule has 0 saturated carbocycles. The van der Waals surface area contributed by atoms with Gasteiger partial charge in [0, 0.05) is 4.47 Å². The van der Waals surface area contributed by atoms with Crippen LogP contribution in [-0.4, -0.2) is 0 Å². The summed E-state index contributed by atoms with van der Waals surface area (Å²) in [6, 6.07) is 6.38. The zero-order valence-electron chi connectivity index (χ0n) is 7.47. The van der Waals surface area contributed by atoms with E-state index in [1.165, 1.54) is 15.6 Å². The van der Waals surface area contributed by atoms with E-state index in [2.05, 4.69) is 54.6 Å². The van der Waals surface area contributed by atoms with E-state index in [-0.39, 0.29) is 0 Å². The van der Waals surface area contributed by atoms with Gasteiger partial charge < -0.3 is 0 Å². The molecule has 0 saturated heterocycles. The van der Waals surface area contributed by atoms with Crippen molar-refractivity contribution in [2.45, 2.75) is 19.8 Å². The van der Waals surface area contributed by atoms with Crippen LogP contribution in [0.1, 0.15) is 24.0 Å². The highest BCUT2D eigenvalue weighted by Crippen LogP contribution is 2.26. The van der Waals surface area contributed by atoms with Crippen LogP contribution in [-0.2, 0) is 0 Å². The van der Waals surface area contributed by atoms with Crippen LogP contribution in [0.25, 0.3) is 0 Å². The molecular formula is C11H13Br. The Morgan fingerprint density at radius 2 is 2.17 bits per heavy atom. The largest absolute Gasteiger partial charge is 0.102 e. The number of allylic oxidation sites excluding steroid dienone is 1. The number of hydrogen-bond acceptors (Lipinski definition) is 0. The van der Waals surface area contributed by atoms with Crippen LogP contribution in [0.4, 0.5) is 0 Å². The Labute approximate surface area is 82.4 Å². The molecule has 0 bridgehead atoms. The molecular weight excluding hydrogens is 212 g/mol. The molecule has 64 valence electrons. The third-order valence-electron chi connectivity index (χ3n) is 2.00. The van der Waals surface area contributed by atoms with E-state index >= 15 is 0 Å². The Bertz CT molecular complexity index is 289. The summed E-state index contributed by atoms with van der Waals surface area (Å²) in [5.74, 6) is 0.416. The van der Waals surface area contributed by atoms with Crippen LogP contribution >= 0.6 is 15.9 Å². The SMILES string of the molecule is C=CC(C)c1cc(C)ccc1Br. The van der Waals surface area contributed by atoms with Gasteiger partial charge in [-0.2, -0.15) is 0 Å². The summed E-state index contributed by atoms with van der Waals surface area (Å²) in [6.45, 7) is 8.04. The van der Waals surface area contributed by atoms with Gasteiger partial charge in [-0.05, 0) is 24.5 Å². The second kappa shape index (κ2) is 3.90. The van der Waals surface area contributed by atoms with Gasteiger partial charge >= 0.3 is 0 Å². The third-order valence-corrected chi connectivity index (χ3v) is 2.72. The molecule has 0 amide bonds. The normalized spacial score (nSPS) is 12.6. The van der Waals surface area contributed by atoms with E-state index in [4.69, 9.17) is 0 Å². The molecule has 0 aromatic heterocycles. The monoisotopic (exact) mass is 224 g/mol. The number of rotatable bonds is 2. The highest BCUT2D eigenvalue weighted by atomic mass is 79.9. The zero-order valence-corrected chi connectivity index (χ0v) is 9.06. The van der Waals surface area contributed by atoms with Crippen molar-refractivity contribution >= 4 is 15.9 Å². The average Bonchev–Trinajstić information content (AvgIpc) is 2.08. The summed E-state index contributed by atoms with van der Waals surface area (Å²) in [7, 11) is 0. The van der Waals surface area contributed by atoms with E-state index in [1.807, 2.05) is 6.08 Å². The fraction of sp³-hybridized carbons (Fsp3) is 0.273. The Balaban J connectivity index is 3.12. The third kappa shape index (κ3) is 1.98. The van der Waals surface area contributed by atoms with Crippen LogP contribution in [0.15, 0.2) is 35.3 Å². The molecule has 0 N–H and O–H groups in total. The van der Waals surface area contributed by atoms with Crippen molar-refractivity contribution in [2.75, 3.05) is 0 Å². The molecule has 0 aliphatic carbocycles. The summed E-state index contributed by atoms with van der Waals surface area (Å²) in [6.07, 6.45) is 1.96. The van der Waals surface area contributed by atoms with Gasteiger partial charge in [0.15, 0.2) is 0 Å². The maximum atomic E-state index is 3.79. The molecule has 0 radical (unpaired) electrons. The number of hydrogen-bond donors (Lipinski definition) is 0. The maximum Gasteiger partial charge on any atom is 0.0213 e. The van der Waals surface area contributed by atoms with Crippen LogP contribution in [0.5, 0.6) is 0 Å². The molecule has 1 atom stereocenters. The fourth-order valence-electron chi connectivity index (χ4n) is 1.14. The molecule has 1 rings (SSSR count). The standard InChI is InChI=1S/C11H13Br/c1-4-9(3)10-7-8(2)5-6-11(10)12/h4-7,9H,1H2,2-3H3. The van der Waals surface area contributed by atoms with Gasteiger partial charge in [0.2, 0.25) is 0 Å². The smallest absolute Gasteiger partial charge is 0.0213 e. The number of benzene rings is 1. The summed E-state index contributed by atoms with van der Waals surface area (Å²) >= 11 is 3.52. The Morgan fingerprint density at radius 1 is 1.50 bits per heavy atom. The van der Waals surface area contributed by atoms with Crippen molar-refractivity contribution in [3.8, 4) is 0 Å². The molecule has 1 unspecified atom stereocenters. The minimum atomic E-state index is 0.416. The molecule has 0 nitrogen and oxygen atoms in total. The highest BCUT2D eigenvalue weighted by molar-refractivity contribution is 9.10. The lowest BCUT2D eigenvalue weighted by Gasteiger charge is -2.09. The predicted octanol–water partition coefficient (Wildman–Crippen LogP) is 4.05. The summed E-state index contributed by atoms with van der Waals surface area (Å²) in [5.41, 5.74) is 2.60. The lowest BCUT2D eigenvalue weighted by molar-refractivity contribution is 0.960. The van der Waals surface area contributed by atoms with E-state index in [0.29, 0.717) is 5.92 Å². The maximum absolute atomic E-state index is 3.79. The molecule has 0 aliphatic rings. The minimum absolute atomic E-state index is 0.416. The average molecular weight is 225 g/mol. The van der Waals surface area contributed by atoms with Gasteiger partial charge in [-0.15, -0.1) is 6.58 Å². The summed E-state index contributed by atoms with van der Waals surface area (Å²) in [4.78, 5) is 0. The van der Waals surface area contributed by atoms with Gasteiger partial charge in [-0.3, -0.25) is 0 Å². The van der Waals surface area contributed by atoms with E-state index < -0.39 is 0 Å².